The van der Waals surface area contributed by atoms with Crippen LogP contribution in [0.3, 0.4) is 0 Å². The normalized spacial score (nSPS) is 11.0. The van der Waals surface area contributed by atoms with Crippen LogP contribution in [-0.4, -0.2) is 20.0 Å². The van der Waals surface area contributed by atoms with Crippen molar-refractivity contribution in [1.82, 2.24) is 4.98 Å². The van der Waals surface area contributed by atoms with E-state index in [1.54, 1.807) is 6.92 Å². The van der Waals surface area contributed by atoms with Gasteiger partial charge in [-0.2, -0.15) is 13.7 Å². The molecule has 0 unspecified atom stereocenters. The molecular formula is C18H13BrN2O4S2. The Balaban J connectivity index is 1.90. The lowest BCUT2D eigenvalue weighted by atomic mass is 10.2. The Hall–Kier alpha value is -2.41. The molecule has 9 heteroatoms. The van der Waals surface area contributed by atoms with Gasteiger partial charge in [-0.1, -0.05) is 28.1 Å². The fraction of sp³-hybridized carbons (Fsp3) is 0.111. The number of halogens is 1. The number of hydrogen-bond donors (Lipinski definition) is 0. The van der Waals surface area contributed by atoms with Crippen molar-refractivity contribution < 1.29 is 17.3 Å². The molecule has 0 bridgehead atoms. The number of nitriles is 1. The molecule has 0 fully saturated rings. The maximum Gasteiger partial charge on any atom is 0.357 e. The quantitative estimate of drug-likeness (QED) is 0.494. The first kappa shape index (κ1) is 19.4. The summed E-state index contributed by atoms with van der Waals surface area (Å²) in [6, 6.07) is 13.6. The Bertz CT molecular complexity index is 1100. The number of aromatic nitrogens is 1. The molecule has 0 atom stereocenters. The highest BCUT2D eigenvalue weighted by molar-refractivity contribution is 9.10. The lowest BCUT2D eigenvalue weighted by Gasteiger charge is -2.11. The maximum absolute atomic E-state index is 12.6. The second-order valence-electron chi connectivity index (χ2n) is 5.24. The third-order valence-corrected chi connectivity index (χ3v) is 6.09. The molecule has 6 nitrogen and oxygen atoms in total. The van der Waals surface area contributed by atoms with Gasteiger partial charge in [0, 0.05) is 21.5 Å². The standard InChI is InChI=1S/C18H13BrN2O4S2/c1-2-24-16-9-12(10-20)3-8-15(16)25-27(22,23)17-11-26-18(21-17)13-4-6-14(19)7-5-13/h3-9,11H,2H2,1H3. The van der Waals surface area contributed by atoms with Gasteiger partial charge >= 0.3 is 10.1 Å². The predicted molar refractivity (Wildman–Crippen MR) is 105 cm³/mol. The minimum absolute atomic E-state index is 0.00837. The molecule has 1 heterocycles. The summed E-state index contributed by atoms with van der Waals surface area (Å²) in [7, 11) is -4.14. The number of rotatable bonds is 6. The van der Waals surface area contributed by atoms with Crippen molar-refractivity contribution in [3.8, 4) is 28.1 Å². The number of nitrogens with zero attached hydrogens (tertiary/aromatic N) is 2. The monoisotopic (exact) mass is 464 g/mol. The molecular weight excluding hydrogens is 452 g/mol. The third kappa shape index (κ3) is 4.47. The summed E-state index contributed by atoms with van der Waals surface area (Å²) in [5, 5.41) is 10.8. The molecule has 0 aliphatic carbocycles. The lowest BCUT2D eigenvalue weighted by Crippen LogP contribution is -2.11. The van der Waals surface area contributed by atoms with Crippen molar-refractivity contribution in [3.63, 3.8) is 0 Å². The number of thiazole rings is 1. The van der Waals surface area contributed by atoms with Crippen molar-refractivity contribution in [2.45, 2.75) is 11.9 Å². The Morgan fingerprint density at radius 1 is 1.19 bits per heavy atom. The molecule has 2 aromatic carbocycles. The van der Waals surface area contributed by atoms with Gasteiger partial charge in [0.05, 0.1) is 18.2 Å². The van der Waals surface area contributed by atoms with Gasteiger partial charge < -0.3 is 8.92 Å². The Labute approximate surface area is 169 Å². The zero-order chi connectivity index (χ0) is 19.4. The molecule has 3 aromatic rings. The highest BCUT2D eigenvalue weighted by Gasteiger charge is 2.23. The fourth-order valence-electron chi connectivity index (χ4n) is 2.17. The molecule has 0 radical (unpaired) electrons. The zero-order valence-electron chi connectivity index (χ0n) is 14.0. The van der Waals surface area contributed by atoms with Gasteiger partial charge in [0.15, 0.2) is 11.5 Å². The summed E-state index contributed by atoms with van der Waals surface area (Å²) in [4.78, 5) is 4.18. The predicted octanol–water partition coefficient (Wildman–Crippen LogP) is 4.61. The summed E-state index contributed by atoms with van der Waals surface area (Å²) in [6.07, 6.45) is 0. The van der Waals surface area contributed by atoms with Crippen LogP contribution >= 0.6 is 27.3 Å². The summed E-state index contributed by atoms with van der Waals surface area (Å²) in [5.74, 6) is 0.192. The minimum Gasteiger partial charge on any atom is -0.490 e. The first-order chi connectivity index (χ1) is 12.9. The largest absolute Gasteiger partial charge is 0.490 e. The zero-order valence-corrected chi connectivity index (χ0v) is 17.3. The van der Waals surface area contributed by atoms with Gasteiger partial charge in [-0.05, 0) is 31.2 Å². The van der Waals surface area contributed by atoms with Crippen LogP contribution in [0, 0.1) is 11.3 Å². The Morgan fingerprint density at radius 3 is 2.59 bits per heavy atom. The van der Waals surface area contributed by atoms with E-state index in [0.29, 0.717) is 17.2 Å². The summed E-state index contributed by atoms with van der Waals surface area (Å²) in [5.41, 5.74) is 1.15. The summed E-state index contributed by atoms with van der Waals surface area (Å²) < 4.78 is 36.7. The molecule has 3 rings (SSSR count). The Kier molecular flexibility index (Phi) is 5.79. The van der Waals surface area contributed by atoms with Gasteiger partial charge in [-0.15, -0.1) is 11.3 Å². The molecule has 0 aliphatic rings. The van der Waals surface area contributed by atoms with Crippen molar-refractivity contribution >= 4 is 37.4 Å². The van der Waals surface area contributed by atoms with E-state index in [1.165, 1.54) is 34.9 Å². The second-order valence-corrected chi connectivity index (χ2v) is 8.51. The van der Waals surface area contributed by atoms with Crippen LogP contribution < -0.4 is 8.92 Å². The summed E-state index contributed by atoms with van der Waals surface area (Å²) in [6.45, 7) is 2.05. The third-order valence-electron chi connectivity index (χ3n) is 3.40. The average Bonchev–Trinajstić information content (AvgIpc) is 3.15. The van der Waals surface area contributed by atoms with Crippen molar-refractivity contribution in [2.24, 2.45) is 0 Å². The van der Waals surface area contributed by atoms with Crippen LogP contribution in [0.5, 0.6) is 11.5 Å². The van der Waals surface area contributed by atoms with Crippen LogP contribution in [0.2, 0.25) is 0 Å². The molecule has 1 aromatic heterocycles. The molecule has 0 N–H and O–H groups in total. The molecule has 138 valence electrons. The smallest absolute Gasteiger partial charge is 0.357 e. The van der Waals surface area contributed by atoms with Gasteiger partial charge in [-0.3, -0.25) is 0 Å². The number of hydrogen-bond acceptors (Lipinski definition) is 7. The van der Waals surface area contributed by atoms with Crippen LogP contribution in [-0.2, 0) is 10.1 Å². The molecule has 0 aliphatic heterocycles. The van der Waals surface area contributed by atoms with Crippen LogP contribution in [0.25, 0.3) is 10.6 Å². The topological polar surface area (TPSA) is 89.3 Å². The minimum atomic E-state index is -4.14. The van der Waals surface area contributed by atoms with E-state index in [9.17, 15) is 8.42 Å². The molecule has 0 spiro atoms. The van der Waals surface area contributed by atoms with Crippen LogP contribution in [0.1, 0.15) is 12.5 Å². The second kappa shape index (κ2) is 8.08. The SMILES string of the molecule is CCOc1cc(C#N)ccc1OS(=O)(=O)c1csc(-c2ccc(Br)cc2)n1. The van der Waals surface area contributed by atoms with E-state index in [4.69, 9.17) is 14.2 Å². The van der Waals surface area contributed by atoms with E-state index >= 15 is 0 Å². The van der Waals surface area contributed by atoms with Gasteiger partial charge in [0.25, 0.3) is 0 Å². The Morgan fingerprint density at radius 2 is 1.93 bits per heavy atom. The molecule has 0 amide bonds. The van der Waals surface area contributed by atoms with Crippen molar-refractivity contribution in [3.05, 3.63) is 57.9 Å². The van der Waals surface area contributed by atoms with Gasteiger partial charge in [0.2, 0.25) is 5.03 Å². The van der Waals surface area contributed by atoms with E-state index in [-0.39, 0.29) is 16.5 Å². The van der Waals surface area contributed by atoms with Crippen molar-refractivity contribution in [1.29, 1.82) is 5.26 Å². The van der Waals surface area contributed by atoms with Gasteiger partial charge in [-0.25, -0.2) is 4.98 Å². The lowest BCUT2D eigenvalue weighted by molar-refractivity contribution is 0.327. The highest BCUT2D eigenvalue weighted by Crippen LogP contribution is 2.32. The van der Waals surface area contributed by atoms with E-state index < -0.39 is 10.1 Å². The van der Waals surface area contributed by atoms with Gasteiger partial charge in [0.1, 0.15) is 5.01 Å². The van der Waals surface area contributed by atoms with Crippen LogP contribution in [0.4, 0.5) is 0 Å². The average molecular weight is 465 g/mol. The van der Waals surface area contributed by atoms with Crippen molar-refractivity contribution in [2.75, 3.05) is 6.61 Å². The number of benzene rings is 2. The molecule has 27 heavy (non-hydrogen) atoms. The van der Waals surface area contributed by atoms with Crippen LogP contribution in [0.15, 0.2) is 57.3 Å². The van der Waals surface area contributed by atoms with E-state index in [0.717, 1.165) is 10.0 Å². The number of ether oxygens (including phenoxy) is 1. The summed E-state index contributed by atoms with van der Waals surface area (Å²) >= 11 is 4.56. The molecule has 0 saturated carbocycles. The maximum atomic E-state index is 12.6. The first-order valence-corrected chi connectivity index (χ1v) is 10.8. The highest BCUT2D eigenvalue weighted by atomic mass is 79.9. The fourth-order valence-corrected chi connectivity index (χ4v) is 4.46. The van der Waals surface area contributed by atoms with E-state index in [2.05, 4.69) is 20.9 Å². The van der Waals surface area contributed by atoms with E-state index in [1.807, 2.05) is 30.3 Å². The first-order valence-electron chi connectivity index (χ1n) is 7.76. The molecule has 0 saturated heterocycles.